The van der Waals surface area contributed by atoms with Crippen LogP contribution in [-0.4, -0.2) is 22.2 Å². The van der Waals surface area contributed by atoms with Crippen LogP contribution in [0, 0.1) is 0 Å². The van der Waals surface area contributed by atoms with E-state index in [0.717, 1.165) is 16.7 Å². The van der Waals surface area contributed by atoms with E-state index in [0.29, 0.717) is 16.3 Å². The third-order valence-corrected chi connectivity index (χ3v) is 3.95. The average Bonchev–Trinajstić information content (AvgIpc) is 2.54. The number of halogens is 1. The molecule has 5 heteroatoms. The zero-order valence-corrected chi connectivity index (χ0v) is 13.0. The van der Waals surface area contributed by atoms with Gasteiger partial charge in [0.1, 0.15) is 17.7 Å². The van der Waals surface area contributed by atoms with E-state index in [9.17, 15) is 5.11 Å². The molecule has 1 unspecified atom stereocenters. The summed E-state index contributed by atoms with van der Waals surface area (Å²) in [6.45, 7) is 1.71. The van der Waals surface area contributed by atoms with Gasteiger partial charge >= 0.3 is 0 Å². The molecule has 3 rings (SSSR count). The molecule has 0 bridgehead atoms. The maximum absolute atomic E-state index is 11.0. The van der Waals surface area contributed by atoms with Crippen LogP contribution in [0.15, 0.2) is 48.8 Å². The number of ether oxygens (including phenoxy) is 1. The Morgan fingerprint density at radius 2 is 1.82 bits per heavy atom. The zero-order valence-electron chi connectivity index (χ0n) is 12.2. The Hall–Kier alpha value is -2.17. The molecule has 22 heavy (non-hydrogen) atoms. The molecule has 112 valence electrons. The van der Waals surface area contributed by atoms with E-state index < -0.39 is 5.60 Å². The van der Waals surface area contributed by atoms with Crippen molar-refractivity contribution in [1.29, 1.82) is 0 Å². The SMILES string of the molecule is COc1ccc(C(C)(O)c2ncnc3ccc(Cl)cc23)cc1. The van der Waals surface area contributed by atoms with Crippen LogP contribution >= 0.6 is 11.6 Å². The minimum atomic E-state index is -1.27. The summed E-state index contributed by atoms with van der Waals surface area (Å²) >= 11 is 6.07. The summed E-state index contributed by atoms with van der Waals surface area (Å²) in [5, 5.41) is 12.3. The minimum absolute atomic E-state index is 0.519. The van der Waals surface area contributed by atoms with E-state index in [-0.39, 0.29) is 0 Å². The Morgan fingerprint density at radius 1 is 1.09 bits per heavy atom. The number of aromatic nitrogens is 2. The summed E-state index contributed by atoms with van der Waals surface area (Å²) in [6, 6.07) is 12.6. The van der Waals surface area contributed by atoms with Crippen LogP contribution < -0.4 is 4.74 Å². The molecule has 1 atom stereocenters. The highest BCUT2D eigenvalue weighted by molar-refractivity contribution is 6.31. The average molecular weight is 315 g/mol. The molecular weight excluding hydrogens is 300 g/mol. The van der Waals surface area contributed by atoms with Crippen molar-refractivity contribution in [3.63, 3.8) is 0 Å². The first-order valence-electron chi connectivity index (χ1n) is 6.80. The first-order valence-corrected chi connectivity index (χ1v) is 7.18. The van der Waals surface area contributed by atoms with Gasteiger partial charge in [0.15, 0.2) is 0 Å². The molecule has 0 spiro atoms. The zero-order chi connectivity index (χ0) is 15.7. The summed E-state index contributed by atoms with van der Waals surface area (Å²) in [7, 11) is 1.60. The smallest absolute Gasteiger partial charge is 0.129 e. The van der Waals surface area contributed by atoms with Gasteiger partial charge in [0.2, 0.25) is 0 Å². The molecule has 1 N–H and O–H groups in total. The molecule has 0 saturated heterocycles. The molecule has 0 amide bonds. The van der Waals surface area contributed by atoms with Gasteiger partial charge in [-0.3, -0.25) is 0 Å². The second kappa shape index (κ2) is 5.55. The van der Waals surface area contributed by atoms with E-state index >= 15 is 0 Å². The lowest BCUT2D eigenvalue weighted by molar-refractivity contribution is 0.0990. The van der Waals surface area contributed by atoms with Crippen molar-refractivity contribution >= 4 is 22.5 Å². The highest BCUT2D eigenvalue weighted by Crippen LogP contribution is 2.33. The Morgan fingerprint density at radius 3 is 2.50 bits per heavy atom. The van der Waals surface area contributed by atoms with Crippen molar-refractivity contribution in [2.75, 3.05) is 7.11 Å². The Labute approximate surface area is 133 Å². The van der Waals surface area contributed by atoms with Gasteiger partial charge < -0.3 is 9.84 Å². The third kappa shape index (κ3) is 2.51. The van der Waals surface area contributed by atoms with Gasteiger partial charge in [0.05, 0.1) is 18.3 Å². The Balaban J connectivity index is 2.17. The van der Waals surface area contributed by atoms with Crippen molar-refractivity contribution in [2.24, 2.45) is 0 Å². The van der Waals surface area contributed by atoms with Crippen LogP contribution in [0.25, 0.3) is 10.9 Å². The molecular formula is C17H15ClN2O2. The predicted molar refractivity (Wildman–Crippen MR) is 86.2 cm³/mol. The molecule has 2 aromatic carbocycles. The molecule has 1 heterocycles. The first-order chi connectivity index (χ1) is 10.5. The van der Waals surface area contributed by atoms with Crippen molar-refractivity contribution in [3.05, 3.63) is 65.1 Å². The van der Waals surface area contributed by atoms with Crippen LogP contribution in [0.5, 0.6) is 5.75 Å². The highest BCUT2D eigenvalue weighted by atomic mass is 35.5. The quantitative estimate of drug-likeness (QED) is 0.803. The standard InChI is InChI=1S/C17H15ClN2O2/c1-17(21,11-3-6-13(22-2)7-4-11)16-14-9-12(18)5-8-15(14)19-10-20-16/h3-10,21H,1-2H3. The van der Waals surface area contributed by atoms with Gasteiger partial charge in [-0.1, -0.05) is 23.7 Å². The van der Waals surface area contributed by atoms with Gasteiger partial charge in [-0.15, -0.1) is 0 Å². The fourth-order valence-corrected chi connectivity index (χ4v) is 2.64. The minimum Gasteiger partial charge on any atom is -0.497 e. The maximum Gasteiger partial charge on any atom is 0.129 e. The van der Waals surface area contributed by atoms with E-state index in [1.165, 1.54) is 6.33 Å². The number of fused-ring (bicyclic) bond motifs is 1. The lowest BCUT2D eigenvalue weighted by Crippen LogP contribution is -2.24. The summed E-state index contributed by atoms with van der Waals surface area (Å²) in [5.74, 6) is 0.732. The molecule has 4 nitrogen and oxygen atoms in total. The normalized spacial score (nSPS) is 13.8. The summed E-state index contributed by atoms with van der Waals surface area (Å²) in [5.41, 5.74) is 0.708. The highest BCUT2D eigenvalue weighted by Gasteiger charge is 2.29. The molecule has 0 aliphatic carbocycles. The second-order valence-corrected chi connectivity index (χ2v) is 5.62. The van der Waals surface area contributed by atoms with Crippen molar-refractivity contribution < 1.29 is 9.84 Å². The fraction of sp³-hybridized carbons (Fsp3) is 0.176. The van der Waals surface area contributed by atoms with Crippen LogP contribution in [-0.2, 0) is 5.60 Å². The molecule has 3 aromatic rings. The molecule has 0 aliphatic heterocycles. The van der Waals surface area contributed by atoms with Gasteiger partial charge in [-0.05, 0) is 42.8 Å². The lowest BCUT2D eigenvalue weighted by atomic mass is 9.90. The molecule has 0 aliphatic rings. The van der Waals surface area contributed by atoms with Gasteiger partial charge in [-0.2, -0.15) is 0 Å². The lowest BCUT2D eigenvalue weighted by Gasteiger charge is -2.24. The molecule has 0 fully saturated rings. The van der Waals surface area contributed by atoms with Crippen LogP contribution in [0.2, 0.25) is 5.02 Å². The van der Waals surface area contributed by atoms with E-state index in [1.807, 2.05) is 18.2 Å². The number of benzene rings is 2. The number of methoxy groups -OCH3 is 1. The topological polar surface area (TPSA) is 55.2 Å². The third-order valence-electron chi connectivity index (χ3n) is 3.71. The number of hydrogen-bond acceptors (Lipinski definition) is 4. The number of nitrogens with zero attached hydrogens (tertiary/aromatic N) is 2. The van der Waals surface area contributed by atoms with E-state index in [4.69, 9.17) is 16.3 Å². The fourth-order valence-electron chi connectivity index (χ4n) is 2.47. The van der Waals surface area contributed by atoms with Gasteiger partial charge in [0, 0.05) is 10.4 Å². The predicted octanol–water partition coefficient (Wildman–Crippen LogP) is 3.55. The Bertz CT molecular complexity index is 817. The van der Waals surface area contributed by atoms with Crippen molar-refractivity contribution in [1.82, 2.24) is 9.97 Å². The summed E-state index contributed by atoms with van der Waals surface area (Å²) in [4.78, 5) is 8.50. The number of rotatable bonds is 3. The monoisotopic (exact) mass is 314 g/mol. The van der Waals surface area contributed by atoms with Gasteiger partial charge in [0.25, 0.3) is 0 Å². The first kappa shape index (κ1) is 14.8. The Kier molecular flexibility index (Phi) is 3.72. The van der Waals surface area contributed by atoms with Crippen LogP contribution in [0.3, 0.4) is 0 Å². The van der Waals surface area contributed by atoms with Crippen molar-refractivity contribution in [2.45, 2.75) is 12.5 Å². The van der Waals surface area contributed by atoms with Crippen LogP contribution in [0.4, 0.5) is 0 Å². The summed E-state index contributed by atoms with van der Waals surface area (Å²) in [6.07, 6.45) is 1.45. The van der Waals surface area contributed by atoms with Crippen LogP contribution in [0.1, 0.15) is 18.2 Å². The molecule has 1 aromatic heterocycles. The van der Waals surface area contributed by atoms with E-state index in [1.54, 1.807) is 38.3 Å². The van der Waals surface area contributed by atoms with Gasteiger partial charge in [-0.25, -0.2) is 9.97 Å². The number of hydrogen-bond donors (Lipinski definition) is 1. The maximum atomic E-state index is 11.0. The number of aliphatic hydroxyl groups is 1. The van der Waals surface area contributed by atoms with Crippen molar-refractivity contribution in [3.8, 4) is 5.75 Å². The van der Waals surface area contributed by atoms with E-state index in [2.05, 4.69) is 9.97 Å². The largest absolute Gasteiger partial charge is 0.497 e. The molecule has 0 radical (unpaired) electrons. The summed E-state index contributed by atoms with van der Waals surface area (Å²) < 4.78 is 5.15. The second-order valence-electron chi connectivity index (χ2n) is 5.18. The molecule has 0 saturated carbocycles.